The summed E-state index contributed by atoms with van der Waals surface area (Å²) in [7, 11) is 0. The van der Waals surface area contributed by atoms with Crippen LogP contribution in [0.1, 0.15) is 102 Å². The smallest absolute Gasteiger partial charge is 0.336 e. The van der Waals surface area contributed by atoms with Gasteiger partial charge in [0, 0.05) is 9.40 Å². The lowest BCUT2D eigenvalue weighted by atomic mass is 9.70. The van der Waals surface area contributed by atoms with Crippen molar-refractivity contribution in [3.8, 4) is 38.4 Å². The van der Waals surface area contributed by atoms with E-state index in [2.05, 4.69) is 58.9 Å². The molecule has 2 aliphatic carbocycles. The molecule has 4 aromatic carbocycles. The maximum atomic E-state index is 12.8. The second-order valence-corrected chi connectivity index (χ2v) is 21.4. The first-order valence-corrected chi connectivity index (χ1v) is 24.0. The number of pyridine rings is 2. The van der Waals surface area contributed by atoms with Crippen molar-refractivity contribution < 1.29 is 34.0 Å². The van der Waals surface area contributed by atoms with Crippen molar-refractivity contribution in [3.63, 3.8) is 0 Å². The summed E-state index contributed by atoms with van der Waals surface area (Å²) in [5.41, 5.74) is 6.74. The number of rotatable bonds is 11. The number of aromatic nitrogens is 2. The van der Waals surface area contributed by atoms with Gasteiger partial charge in [0.1, 0.15) is 22.8 Å². The molecule has 11 heteroatoms. The molecular weight excluding hydrogens is 853 g/mol. The quantitative estimate of drug-likeness (QED) is 0.130. The largest absolute Gasteiger partial charge is 0.493 e. The minimum absolute atomic E-state index is 0.0572. The van der Waals surface area contributed by atoms with Crippen LogP contribution in [0.15, 0.2) is 78.9 Å². The zero-order valence-corrected chi connectivity index (χ0v) is 39.4. The molecule has 2 aliphatic rings. The lowest BCUT2D eigenvalue weighted by molar-refractivity contribution is 0.0114. The Kier molecular flexibility index (Phi) is 10.6. The van der Waals surface area contributed by atoms with E-state index in [4.69, 9.17) is 24.2 Å². The molecule has 8 aromatic rings. The lowest BCUT2D eigenvalue weighted by Gasteiger charge is -2.42. The van der Waals surface area contributed by atoms with E-state index >= 15 is 0 Å². The van der Waals surface area contributed by atoms with E-state index in [-0.39, 0.29) is 34.2 Å². The van der Waals surface area contributed by atoms with Crippen LogP contribution in [0.5, 0.6) is 17.2 Å². The van der Waals surface area contributed by atoms with Crippen molar-refractivity contribution in [3.05, 3.63) is 112 Å². The Balaban J connectivity index is 0.849. The topological polar surface area (TPSA) is 128 Å². The number of carbonyl (C=O) groups is 2. The first kappa shape index (κ1) is 42.9. The fraction of sp³-hybridized carbons (Fsp3) is 0.333. The Morgan fingerprint density at radius 3 is 1.83 bits per heavy atom. The highest BCUT2D eigenvalue weighted by Gasteiger charge is 2.38. The molecule has 4 aromatic heterocycles. The number of aryl methyl sites for hydroxylation is 4. The maximum Gasteiger partial charge on any atom is 0.336 e. The van der Waals surface area contributed by atoms with Crippen molar-refractivity contribution in [2.45, 2.75) is 98.7 Å². The molecule has 2 saturated carbocycles. The molecule has 0 aliphatic heterocycles. The molecule has 10 rings (SSSR count). The summed E-state index contributed by atoms with van der Waals surface area (Å²) in [6.45, 7) is 15.1. The van der Waals surface area contributed by atoms with Crippen molar-refractivity contribution in [1.82, 2.24) is 9.97 Å². The van der Waals surface area contributed by atoms with Gasteiger partial charge in [-0.2, -0.15) is 0 Å². The summed E-state index contributed by atoms with van der Waals surface area (Å²) < 4.78 is 21.9. The Morgan fingerprint density at radius 2 is 1.25 bits per heavy atom. The van der Waals surface area contributed by atoms with Gasteiger partial charge in [0.15, 0.2) is 0 Å². The number of carboxylic acids is 2. The zero-order valence-electron chi connectivity index (χ0n) is 37.8. The van der Waals surface area contributed by atoms with E-state index in [1.54, 1.807) is 34.8 Å². The van der Waals surface area contributed by atoms with Gasteiger partial charge in [-0.3, -0.25) is 0 Å². The highest BCUT2D eigenvalue weighted by molar-refractivity contribution is 7.22. The predicted octanol–water partition coefficient (Wildman–Crippen LogP) is 14.2. The highest BCUT2D eigenvalue weighted by atomic mass is 32.1. The van der Waals surface area contributed by atoms with E-state index < -0.39 is 11.9 Å². The van der Waals surface area contributed by atoms with Gasteiger partial charge in [-0.15, -0.1) is 22.7 Å². The fourth-order valence-electron chi connectivity index (χ4n) is 10.1. The van der Waals surface area contributed by atoms with Crippen LogP contribution in [0.3, 0.4) is 0 Å². The van der Waals surface area contributed by atoms with Crippen LogP contribution in [0.2, 0.25) is 0 Å². The molecule has 0 saturated heterocycles. The highest BCUT2D eigenvalue weighted by Crippen LogP contribution is 2.46. The molecule has 65 heavy (non-hydrogen) atoms. The molecule has 0 radical (unpaired) electrons. The normalized spacial score (nSPS) is 18.6. The van der Waals surface area contributed by atoms with E-state index in [0.717, 1.165) is 96.5 Å². The number of carboxylic acid groups (broad SMARTS) is 2. The molecule has 0 spiro atoms. The molecule has 4 heterocycles. The number of aromatic carboxylic acids is 2. The Hall–Kier alpha value is -6.04. The summed E-state index contributed by atoms with van der Waals surface area (Å²) in [6, 6.07) is 25.5. The molecular formula is C54H52N2O7S2. The van der Waals surface area contributed by atoms with E-state index in [1.807, 2.05) is 56.3 Å². The summed E-state index contributed by atoms with van der Waals surface area (Å²) in [5.74, 6) is 0.168. The van der Waals surface area contributed by atoms with Gasteiger partial charge in [-0.25, -0.2) is 19.6 Å². The predicted molar refractivity (Wildman–Crippen MR) is 262 cm³/mol. The molecule has 0 bridgehead atoms. The number of fused-ring (bicyclic) bond motifs is 4. The second kappa shape index (κ2) is 16.1. The van der Waals surface area contributed by atoms with Crippen molar-refractivity contribution in [1.29, 1.82) is 0 Å². The molecule has 0 unspecified atom stereocenters. The Bertz CT molecular complexity index is 3240. The monoisotopic (exact) mass is 904 g/mol. The van der Waals surface area contributed by atoms with Crippen LogP contribution in [0.25, 0.3) is 63.1 Å². The minimum Gasteiger partial charge on any atom is -0.493 e. The molecule has 332 valence electrons. The third-order valence-corrected chi connectivity index (χ3v) is 16.4. The van der Waals surface area contributed by atoms with Crippen LogP contribution < -0.4 is 14.2 Å². The number of hydrogen-bond acceptors (Lipinski definition) is 9. The first-order valence-electron chi connectivity index (χ1n) is 22.4. The summed E-state index contributed by atoms with van der Waals surface area (Å²) in [4.78, 5) is 37.7. The summed E-state index contributed by atoms with van der Waals surface area (Å²) >= 11 is 3.24. The third-order valence-electron chi connectivity index (χ3n) is 13.8. The van der Waals surface area contributed by atoms with Crippen LogP contribution in [-0.4, -0.2) is 50.4 Å². The van der Waals surface area contributed by atoms with Gasteiger partial charge >= 0.3 is 11.9 Å². The minimum atomic E-state index is -1.01. The average molecular weight is 905 g/mol. The van der Waals surface area contributed by atoms with Crippen LogP contribution in [0.4, 0.5) is 0 Å². The van der Waals surface area contributed by atoms with Gasteiger partial charge in [0.2, 0.25) is 0 Å². The SMILES string of the molecule is Cc1c(-c2cc(C(=O)O)c3c(OCC4CCC(C)(Oc5ccc6sc(-c7cc(C(=O)O)c8c(OC9CC(C)(C)C9)ccc(C)c8n7)c(C)c6c5)CC4)ccc(C)c3n2)sc2ccccc12. The number of benzene rings is 4. The first-order chi connectivity index (χ1) is 31.0. The molecule has 2 N–H and O–H groups in total. The van der Waals surface area contributed by atoms with E-state index in [0.29, 0.717) is 51.3 Å². The second-order valence-electron chi connectivity index (χ2n) is 19.3. The number of thiophene rings is 2. The van der Waals surface area contributed by atoms with Crippen LogP contribution in [-0.2, 0) is 0 Å². The van der Waals surface area contributed by atoms with Crippen LogP contribution >= 0.6 is 22.7 Å². The fourth-order valence-corrected chi connectivity index (χ4v) is 12.4. The maximum absolute atomic E-state index is 12.8. The standard InChI is InChI=1S/C54H52N2O7S2/c1-28-12-15-41(45-37(51(57)58)23-39(55-47(28)45)49-30(3)35-10-8-9-11-43(35)64-49)61-27-32-18-20-54(7,21-19-32)63-33-14-17-44-36(22-33)31(4)50(65-44)40-24-38(52(59)60)46-42(16-13-29(2)48(46)56-40)62-34-25-53(5,6)26-34/h8-17,22-24,32,34H,18-21,25-27H2,1-7H3,(H,57,58)(H,59,60). The summed E-state index contributed by atoms with van der Waals surface area (Å²) in [6.07, 6.45) is 5.38. The van der Waals surface area contributed by atoms with Gasteiger partial charge in [-0.05, 0) is 166 Å². The van der Waals surface area contributed by atoms with Crippen LogP contribution in [0, 0.1) is 39.0 Å². The Labute approximate surface area is 386 Å². The van der Waals surface area contributed by atoms with Gasteiger partial charge in [0.25, 0.3) is 0 Å². The number of nitrogens with zero attached hydrogens (tertiary/aromatic N) is 2. The molecule has 2 fully saturated rings. The van der Waals surface area contributed by atoms with Crippen molar-refractivity contribution in [2.75, 3.05) is 6.61 Å². The third kappa shape index (κ3) is 7.86. The van der Waals surface area contributed by atoms with E-state index in [9.17, 15) is 19.8 Å². The van der Waals surface area contributed by atoms with E-state index in [1.165, 1.54) is 0 Å². The molecule has 0 atom stereocenters. The van der Waals surface area contributed by atoms with Crippen molar-refractivity contribution in [2.24, 2.45) is 11.3 Å². The Morgan fingerprint density at radius 1 is 0.692 bits per heavy atom. The summed E-state index contributed by atoms with van der Waals surface area (Å²) in [5, 5.41) is 24.3. The van der Waals surface area contributed by atoms with Gasteiger partial charge < -0.3 is 24.4 Å². The molecule has 9 nitrogen and oxygen atoms in total. The molecule has 0 amide bonds. The lowest BCUT2D eigenvalue weighted by Crippen LogP contribution is -2.39. The van der Waals surface area contributed by atoms with Crippen molar-refractivity contribution >= 4 is 76.6 Å². The van der Waals surface area contributed by atoms with Gasteiger partial charge in [0.05, 0.1) is 66.8 Å². The number of ether oxygens (including phenoxy) is 3. The number of hydrogen-bond donors (Lipinski definition) is 2. The average Bonchev–Trinajstić information content (AvgIpc) is 3.79. The zero-order chi connectivity index (χ0) is 45.5. The van der Waals surface area contributed by atoms with Gasteiger partial charge in [-0.1, -0.05) is 44.2 Å².